The molecule has 1 saturated heterocycles. The summed E-state index contributed by atoms with van der Waals surface area (Å²) in [4.78, 5) is 41.0. The van der Waals surface area contributed by atoms with Crippen LogP contribution in [0.2, 0.25) is 0 Å². The van der Waals surface area contributed by atoms with Crippen LogP contribution in [0.4, 0.5) is 5.13 Å². The number of benzene rings is 1. The fourth-order valence-electron chi connectivity index (χ4n) is 2.81. The number of anilines is 1. The van der Waals surface area contributed by atoms with E-state index in [9.17, 15) is 14.4 Å². The van der Waals surface area contributed by atoms with Gasteiger partial charge in [0.05, 0.1) is 10.2 Å². The molecule has 1 aliphatic heterocycles. The van der Waals surface area contributed by atoms with Gasteiger partial charge in [0.2, 0.25) is 11.8 Å². The second-order valence-electron chi connectivity index (χ2n) is 5.85. The molecule has 7 nitrogen and oxygen atoms in total. The van der Waals surface area contributed by atoms with Crippen LogP contribution in [0.15, 0.2) is 18.2 Å². The Morgan fingerprint density at radius 2 is 2.00 bits per heavy atom. The summed E-state index contributed by atoms with van der Waals surface area (Å²) < 4.78 is 0.844. The highest BCUT2D eigenvalue weighted by molar-refractivity contribution is 7.22. The van der Waals surface area contributed by atoms with Crippen LogP contribution in [0.1, 0.15) is 30.1 Å². The highest BCUT2D eigenvalue weighted by Crippen LogP contribution is 2.28. The summed E-state index contributed by atoms with van der Waals surface area (Å²) in [6, 6.07) is 5.31. The zero-order chi connectivity index (χ0) is 17.3. The van der Waals surface area contributed by atoms with Crippen molar-refractivity contribution in [2.75, 3.05) is 18.4 Å². The van der Waals surface area contributed by atoms with Crippen molar-refractivity contribution in [3.05, 3.63) is 23.8 Å². The summed E-state index contributed by atoms with van der Waals surface area (Å²) in [6.07, 6.45) is 1.22. The van der Waals surface area contributed by atoms with Crippen molar-refractivity contribution in [2.45, 2.75) is 19.8 Å². The van der Waals surface area contributed by atoms with Crippen LogP contribution in [0, 0.1) is 5.92 Å². The van der Waals surface area contributed by atoms with E-state index in [2.05, 4.69) is 10.3 Å². The standard InChI is InChI=1S/C16H18N4O3S/c1-9(21)18-16-19-12-3-2-11(8-13(12)24-16)15(23)20-6-4-10(5-7-20)14(17)22/h2-3,8,10H,4-7H2,1H3,(H2,17,22)(H,18,19,21). The molecule has 24 heavy (non-hydrogen) atoms. The first-order valence-electron chi connectivity index (χ1n) is 7.71. The number of nitrogens with zero attached hydrogens (tertiary/aromatic N) is 2. The Bertz CT molecular complexity index is 809. The summed E-state index contributed by atoms with van der Waals surface area (Å²) in [5.74, 6) is -0.672. The fraction of sp³-hybridized carbons (Fsp3) is 0.375. The van der Waals surface area contributed by atoms with Crippen molar-refractivity contribution in [2.24, 2.45) is 11.7 Å². The maximum absolute atomic E-state index is 12.6. The molecule has 0 atom stereocenters. The lowest BCUT2D eigenvalue weighted by Gasteiger charge is -2.30. The van der Waals surface area contributed by atoms with E-state index in [0.29, 0.717) is 36.6 Å². The van der Waals surface area contributed by atoms with Crippen LogP contribution in [0.3, 0.4) is 0 Å². The highest BCUT2D eigenvalue weighted by Gasteiger charge is 2.26. The highest BCUT2D eigenvalue weighted by atomic mass is 32.1. The Morgan fingerprint density at radius 3 is 2.62 bits per heavy atom. The number of thiazole rings is 1. The van der Waals surface area contributed by atoms with Gasteiger partial charge in [0.1, 0.15) is 0 Å². The summed E-state index contributed by atoms with van der Waals surface area (Å²) in [6.45, 7) is 2.49. The third-order valence-electron chi connectivity index (χ3n) is 4.10. The predicted molar refractivity (Wildman–Crippen MR) is 91.7 cm³/mol. The lowest BCUT2D eigenvalue weighted by atomic mass is 9.96. The largest absolute Gasteiger partial charge is 0.369 e. The van der Waals surface area contributed by atoms with Crippen LogP contribution in [-0.4, -0.2) is 40.7 Å². The molecule has 1 aromatic heterocycles. The zero-order valence-corrected chi connectivity index (χ0v) is 14.1. The Balaban J connectivity index is 1.75. The molecule has 3 amide bonds. The molecule has 126 valence electrons. The summed E-state index contributed by atoms with van der Waals surface area (Å²) in [7, 11) is 0. The fourth-order valence-corrected chi connectivity index (χ4v) is 3.76. The summed E-state index contributed by atoms with van der Waals surface area (Å²) in [5.41, 5.74) is 6.65. The SMILES string of the molecule is CC(=O)Nc1nc2ccc(C(=O)N3CCC(C(N)=O)CC3)cc2s1. The zero-order valence-electron chi connectivity index (χ0n) is 13.2. The van der Waals surface area contributed by atoms with Gasteiger partial charge in [-0.05, 0) is 31.0 Å². The van der Waals surface area contributed by atoms with Crippen LogP contribution >= 0.6 is 11.3 Å². The molecule has 0 saturated carbocycles. The first-order chi connectivity index (χ1) is 11.4. The molecule has 0 bridgehead atoms. The van der Waals surface area contributed by atoms with Crippen molar-refractivity contribution < 1.29 is 14.4 Å². The van der Waals surface area contributed by atoms with Crippen molar-refractivity contribution in [3.8, 4) is 0 Å². The minimum atomic E-state index is -0.293. The minimum Gasteiger partial charge on any atom is -0.369 e. The number of hydrogen-bond acceptors (Lipinski definition) is 5. The molecular weight excluding hydrogens is 328 g/mol. The van der Waals surface area contributed by atoms with E-state index in [0.717, 1.165) is 10.2 Å². The molecule has 8 heteroatoms. The average Bonchev–Trinajstić information content (AvgIpc) is 2.94. The van der Waals surface area contributed by atoms with Crippen molar-refractivity contribution in [3.63, 3.8) is 0 Å². The maximum Gasteiger partial charge on any atom is 0.253 e. The van der Waals surface area contributed by atoms with Gasteiger partial charge >= 0.3 is 0 Å². The smallest absolute Gasteiger partial charge is 0.253 e. The molecule has 1 aliphatic rings. The van der Waals surface area contributed by atoms with Gasteiger partial charge < -0.3 is 16.0 Å². The number of aromatic nitrogens is 1. The molecule has 0 radical (unpaired) electrons. The second-order valence-corrected chi connectivity index (χ2v) is 6.88. The van der Waals surface area contributed by atoms with E-state index < -0.39 is 0 Å². The Kier molecular flexibility index (Phi) is 4.48. The van der Waals surface area contributed by atoms with Crippen LogP contribution in [-0.2, 0) is 9.59 Å². The molecule has 1 fully saturated rings. The van der Waals surface area contributed by atoms with Gasteiger partial charge in [-0.15, -0.1) is 0 Å². The molecule has 2 heterocycles. The van der Waals surface area contributed by atoms with Crippen molar-refractivity contribution in [1.29, 1.82) is 0 Å². The summed E-state index contributed by atoms with van der Waals surface area (Å²) >= 11 is 1.33. The number of nitrogens with two attached hydrogens (primary N) is 1. The number of likely N-dealkylation sites (tertiary alicyclic amines) is 1. The molecule has 1 aromatic carbocycles. The van der Waals surface area contributed by atoms with Gasteiger partial charge in [0, 0.05) is 31.5 Å². The number of fused-ring (bicyclic) bond motifs is 1. The molecular formula is C16H18N4O3S. The lowest BCUT2D eigenvalue weighted by Crippen LogP contribution is -2.41. The predicted octanol–water partition coefficient (Wildman–Crippen LogP) is 1.59. The number of hydrogen-bond donors (Lipinski definition) is 2. The third-order valence-corrected chi connectivity index (χ3v) is 5.04. The minimum absolute atomic E-state index is 0.0608. The van der Waals surface area contributed by atoms with Gasteiger partial charge in [0.15, 0.2) is 5.13 Å². The topological polar surface area (TPSA) is 105 Å². The average molecular weight is 346 g/mol. The van der Waals surface area contributed by atoms with Crippen LogP contribution in [0.5, 0.6) is 0 Å². The van der Waals surface area contributed by atoms with E-state index in [1.165, 1.54) is 18.3 Å². The number of carbonyl (C=O) groups is 3. The normalized spacial score (nSPS) is 15.5. The molecule has 3 rings (SSSR count). The number of piperidine rings is 1. The lowest BCUT2D eigenvalue weighted by molar-refractivity contribution is -0.123. The van der Waals surface area contributed by atoms with E-state index in [4.69, 9.17) is 5.73 Å². The first kappa shape index (κ1) is 16.4. The Labute approximate surface area is 142 Å². The van der Waals surface area contributed by atoms with Crippen LogP contribution in [0.25, 0.3) is 10.2 Å². The second kappa shape index (κ2) is 6.56. The molecule has 0 unspecified atom stereocenters. The molecule has 3 N–H and O–H groups in total. The van der Waals surface area contributed by atoms with Crippen molar-refractivity contribution in [1.82, 2.24) is 9.88 Å². The van der Waals surface area contributed by atoms with E-state index in [1.807, 2.05) is 0 Å². The van der Waals surface area contributed by atoms with Gasteiger partial charge in [0.25, 0.3) is 5.91 Å². The van der Waals surface area contributed by atoms with Gasteiger partial charge in [-0.3, -0.25) is 14.4 Å². The quantitative estimate of drug-likeness (QED) is 0.880. The molecule has 2 aromatic rings. The molecule has 0 aliphatic carbocycles. The number of primary amides is 1. The number of carbonyl (C=O) groups excluding carboxylic acids is 3. The van der Waals surface area contributed by atoms with E-state index in [-0.39, 0.29) is 23.6 Å². The number of amides is 3. The van der Waals surface area contributed by atoms with Gasteiger partial charge in [-0.25, -0.2) is 4.98 Å². The van der Waals surface area contributed by atoms with E-state index in [1.54, 1.807) is 23.1 Å². The van der Waals surface area contributed by atoms with Crippen molar-refractivity contribution >= 4 is 44.4 Å². The van der Waals surface area contributed by atoms with Gasteiger partial charge in [-0.1, -0.05) is 11.3 Å². The maximum atomic E-state index is 12.6. The number of nitrogens with one attached hydrogen (secondary N) is 1. The number of rotatable bonds is 3. The Morgan fingerprint density at radius 1 is 1.29 bits per heavy atom. The molecule has 0 spiro atoms. The first-order valence-corrected chi connectivity index (χ1v) is 8.52. The van der Waals surface area contributed by atoms with Crippen LogP contribution < -0.4 is 11.1 Å². The third kappa shape index (κ3) is 3.38. The Hall–Kier alpha value is -2.48. The summed E-state index contributed by atoms with van der Waals surface area (Å²) in [5, 5.41) is 3.17. The monoisotopic (exact) mass is 346 g/mol. The van der Waals surface area contributed by atoms with Gasteiger partial charge in [-0.2, -0.15) is 0 Å². The van der Waals surface area contributed by atoms with E-state index >= 15 is 0 Å².